The van der Waals surface area contributed by atoms with Crippen molar-refractivity contribution < 1.29 is 9.21 Å². The smallest absolute Gasteiger partial charge is 0.290 e. The molecule has 0 spiro atoms. The molecule has 5 rings (SSSR count). The number of hydrogen-bond acceptors (Lipinski definition) is 3. The van der Waals surface area contributed by atoms with Gasteiger partial charge in [-0.1, -0.05) is 17.7 Å². The van der Waals surface area contributed by atoms with Gasteiger partial charge in [-0.25, -0.2) is 4.68 Å². The van der Waals surface area contributed by atoms with Gasteiger partial charge in [0.15, 0.2) is 5.76 Å². The number of furan rings is 1. The number of aryl methyl sites for hydroxylation is 2. The van der Waals surface area contributed by atoms with Crippen molar-refractivity contribution in [3.05, 3.63) is 89.3 Å². The largest absolute Gasteiger partial charge is 0.459 e. The van der Waals surface area contributed by atoms with Crippen LogP contribution in [0.2, 0.25) is 0 Å². The van der Waals surface area contributed by atoms with E-state index in [-0.39, 0.29) is 5.91 Å². The molecule has 1 aliphatic rings. The van der Waals surface area contributed by atoms with E-state index in [1.165, 1.54) is 11.8 Å². The molecule has 0 N–H and O–H groups in total. The Balaban J connectivity index is 1.60. The summed E-state index contributed by atoms with van der Waals surface area (Å²) >= 11 is 0. The average molecular weight is 372 g/mol. The van der Waals surface area contributed by atoms with E-state index in [1.54, 1.807) is 17.0 Å². The number of carbonyl (C=O) groups is 1. The Kier molecular flexibility index (Phi) is 3.72. The molecule has 28 heavy (non-hydrogen) atoms. The fraction of sp³-hybridized carbons (Fsp3) is 0.182. The van der Waals surface area contributed by atoms with Crippen LogP contribution in [0, 0.1) is 13.8 Å². The third kappa shape index (κ3) is 2.57. The lowest BCUT2D eigenvalue weighted by Gasteiger charge is -2.17. The van der Waals surface area contributed by atoms with Gasteiger partial charge in [-0.3, -0.25) is 4.79 Å². The highest BCUT2D eigenvalue weighted by molar-refractivity contribution is 5.91. The maximum Gasteiger partial charge on any atom is 0.290 e. The van der Waals surface area contributed by atoms with Crippen molar-refractivity contribution in [2.75, 3.05) is 0 Å². The van der Waals surface area contributed by atoms with Crippen LogP contribution in [0.4, 0.5) is 0 Å². The second-order valence-corrected chi connectivity index (χ2v) is 7.18. The van der Waals surface area contributed by atoms with Crippen LogP contribution in [-0.4, -0.2) is 25.2 Å². The summed E-state index contributed by atoms with van der Waals surface area (Å²) in [5.41, 5.74) is 5.42. The summed E-state index contributed by atoms with van der Waals surface area (Å²) in [6.45, 7) is 5.17. The first-order valence-corrected chi connectivity index (χ1v) is 9.26. The second-order valence-electron chi connectivity index (χ2n) is 7.18. The highest BCUT2D eigenvalue weighted by Crippen LogP contribution is 2.32. The molecule has 1 aromatic carbocycles. The molecule has 0 bridgehead atoms. The summed E-state index contributed by atoms with van der Waals surface area (Å²) in [7, 11) is 0. The fourth-order valence-electron chi connectivity index (χ4n) is 3.85. The highest BCUT2D eigenvalue weighted by atomic mass is 16.3. The summed E-state index contributed by atoms with van der Waals surface area (Å²) in [6.07, 6.45) is 5.54. The molecule has 6 nitrogen and oxygen atoms in total. The quantitative estimate of drug-likeness (QED) is 0.546. The maximum absolute atomic E-state index is 12.7. The molecule has 0 radical (unpaired) electrons. The molecular weight excluding hydrogens is 352 g/mol. The van der Waals surface area contributed by atoms with Gasteiger partial charge in [0.05, 0.1) is 30.7 Å². The molecule has 0 atom stereocenters. The molecule has 0 aliphatic carbocycles. The maximum atomic E-state index is 12.7. The molecule has 4 heterocycles. The molecule has 1 amide bonds. The van der Waals surface area contributed by atoms with Crippen molar-refractivity contribution in [3.8, 4) is 11.5 Å². The summed E-state index contributed by atoms with van der Waals surface area (Å²) in [4.78, 5) is 14.5. The van der Waals surface area contributed by atoms with Crippen molar-refractivity contribution in [3.63, 3.8) is 0 Å². The van der Waals surface area contributed by atoms with Crippen molar-refractivity contribution in [1.29, 1.82) is 0 Å². The summed E-state index contributed by atoms with van der Waals surface area (Å²) < 4.78 is 9.34. The number of nitrogens with zero attached hydrogens (tertiary/aromatic N) is 4. The minimum Gasteiger partial charge on any atom is -0.459 e. The van der Waals surface area contributed by atoms with Gasteiger partial charge >= 0.3 is 0 Å². The van der Waals surface area contributed by atoms with Crippen LogP contribution in [0.1, 0.15) is 32.9 Å². The first kappa shape index (κ1) is 16.6. The molecule has 0 unspecified atom stereocenters. The number of fused-ring (bicyclic) bond motifs is 1. The molecule has 4 aromatic rings. The van der Waals surface area contributed by atoms with Crippen LogP contribution >= 0.6 is 0 Å². The van der Waals surface area contributed by atoms with E-state index in [4.69, 9.17) is 9.52 Å². The number of benzene rings is 1. The van der Waals surface area contributed by atoms with Gasteiger partial charge < -0.3 is 13.9 Å². The zero-order valence-electron chi connectivity index (χ0n) is 15.8. The van der Waals surface area contributed by atoms with Crippen LogP contribution in [0.25, 0.3) is 11.5 Å². The zero-order chi connectivity index (χ0) is 19.3. The Hall–Kier alpha value is -3.54. The van der Waals surface area contributed by atoms with Crippen LogP contribution in [0.15, 0.2) is 65.5 Å². The van der Waals surface area contributed by atoms with Gasteiger partial charge in [-0.15, -0.1) is 0 Å². The number of carbonyl (C=O) groups excluding carboxylic acids is 1. The lowest BCUT2D eigenvalue weighted by Crippen LogP contribution is -2.26. The lowest BCUT2D eigenvalue weighted by molar-refractivity contribution is 0.0717. The van der Waals surface area contributed by atoms with Crippen molar-refractivity contribution in [1.82, 2.24) is 19.2 Å². The lowest BCUT2D eigenvalue weighted by atomic mass is 10.1. The first-order valence-electron chi connectivity index (χ1n) is 9.26. The Morgan fingerprint density at radius 3 is 2.61 bits per heavy atom. The molecule has 0 saturated heterocycles. The summed E-state index contributed by atoms with van der Waals surface area (Å²) in [5.74, 6) is 1.22. The Morgan fingerprint density at radius 2 is 1.89 bits per heavy atom. The second kappa shape index (κ2) is 6.27. The van der Waals surface area contributed by atoms with E-state index in [1.807, 2.05) is 29.2 Å². The average Bonchev–Trinajstić information content (AvgIpc) is 3.44. The number of amides is 1. The van der Waals surface area contributed by atoms with E-state index in [0.29, 0.717) is 18.8 Å². The number of hydrogen-bond donors (Lipinski definition) is 0. The van der Waals surface area contributed by atoms with Crippen molar-refractivity contribution in [2.24, 2.45) is 0 Å². The molecule has 1 aliphatic heterocycles. The standard InChI is InChI=1S/C22H20N4O2/c1-15-7-8-19(16(2)12-15)26-21(24-9-3-4-10-24)17-13-25(14-18(17)23-26)22(27)20-6-5-11-28-20/h3-12H,13-14H2,1-2H3. The van der Waals surface area contributed by atoms with Crippen molar-refractivity contribution >= 4 is 5.91 Å². The normalized spacial score (nSPS) is 13.1. The molecule has 3 aromatic heterocycles. The fourth-order valence-corrected chi connectivity index (χ4v) is 3.85. The van der Waals surface area contributed by atoms with E-state index in [0.717, 1.165) is 28.3 Å². The van der Waals surface area contributed by atoms with Gasteiger partial charge in [0.25, 0.3) is 5.91 Å². The summed E-state index contributed by atoms with van der Waals surface area (Å²) in [6, 6.07) is 13.8. The van der Waals surface area contributed by atoms with E-state index >= 15 is 0 Å². The van der Waals surface area contributed by atoms with Crippen LogP contribution < -0.4 is 0 Å². The van der Waals surface area contributed by atoms with Crippen LogP contribution in [-0.2, 0) is 13.1 Å². The topological polar surface area (TPSA) is 56.2 Å². The number of rotatable bonds is 3. The molecule has 0 saturated carbocycles. The third-order valence-corrected chi connectivity index (χ3v) is 5.18. The monoisotopic (exact) mass is 372 g/mol. The molecule has 0 fully saturated rings. The minimum atomic E-state index is -0.112. The third-order valence-electron chi connectivity index (χ3n) is 5.18. The Morgan fingerprint density at radius 1 is 1.07 bits per heavy atom. The van der Waals surface area contributed by atoms with Gasteiger partial charge in [0.1, 0.15) is 5.82 Å². The van der Waals surface area contributed by atoms with Gasteiger partial charge in [0, 0.05) is 18.0 Å². The minimum absolute atomic E-state index is 0.112. The van der Waals surface area contributed by atoms with Gasteiger partial charge in [-0.05, 0) is 49.7 Å². The summed E-state index contributed by atoms with van der Waals surface area (Å²) in [5, 5.41) is 4.89. The van der Waals surface area contributed by atoms with Crippen LogP contribution in [0.5, 0.6) is 0 Å². The number of aromatic nitrogens is 3. The Bertz CT molecular complexity index is 1150. The Labute approximate surface area is 162 Å². The van der Waals surface area contributed by atoms with Crippen molar-refractivity contribution in [2.45, 2.75) is 26.9 Å². The van der Waals surface area contributed by atoms with E-state index in [2.05, 4.69) is 36.6 Å². The van der Waals surface area contributed by atoms with E-state index < -0.39 is 0 Å². The molecule has 6 heteroatoms. The van der Waals surface area contributed by atoms with E-state index in [9.17, 15) is 4.79 Å². The predicted octanol–water partition coefficient (Wildman–Crippen LogP) is 4.03. The molecule has 140 valence electrons. The first-order chi connectivity index (χ1) is 13.6. The van der Waals surface area contributed by atoms with Gasteiger partial charge in [0.2, 0.25) is 0 Å². The van der Waals surface area contributed by atoms with Gasteiger partial charge in [-0.2, -0.15) is 5.10 Å². The predicted molar refractivity (Wildman–Crippen MR) is 105 cm³/mol. The van der Waals surface area contributed by atoms with Crippen LogP contribution in [0.3, 0.4) is 0 Å². The molecular formula is C22H20N4O2. The highest BCUT2D eigenvalue weighted by Gasteiger charge is 2.32. The SMILES string of the molecule is Cc1ccc(-n2nc3c(c2-n2cccc2)CN(C(=O)c2ccco2)C3)c(C)c1. The zero-order valence-corrected chi connectivity index (χ0v) is 15.8.